The van der Waals surface area contributed by atoms with Crippen molar-refractivity contribution in [2.75, 3.05) is 32.2 Å². The first kappa shape index (κ1) is 24.4. The second kappa shape index (κ2) is 11.1. The normalized spacial score (nSPS) is 15.8. The Morgan fingerprint density at radius 1 is 1.12 bits per heavy atom. The number of amides is 1. The van der Waals surface area contributed by atoms with Crippen molar-refractivity contribution in [3.8, 4) is 0 Å². The largest absolute Gasteiger partial charge is 0.460 e. The van der Waals surface area contributed by atoms with E-state index in [1.807, 2.05) is 68.1 Å². The van der Waals surface area contributed by atoms with Crippen LogP contribution in [0.3, 0.4) is 0 Å². The molecule has 0 fully saturated rings. The van der Waals surface area contributed by atoms with E-state index in [9.17, 15) is 9.59 Å². The summed E-state index contributed by atoms with van der Waals surface area (Å²) < 4.78 is 10.4. The lowest BCUT2D eigenvalue weighted by molar-refractivity contribution is -0.140. The molecule has 0 saturated carbocycles. The Morgan fingerprint density at radius 3 is 2.58 bits per heavy atom. The van der Waals surface area contributed by atoms with Gasteiger partial charge in [0.25, 0.3) is 5.91 Å². The first-order chi connectivity index (χ1) is 15.9. The van der Waals surface area contributed by atoms with Gasteiger partial charge in [-0.3, -0.25) is 4.79 Å². The van der Waals surface area contributed by atoms with Gasteiger partial charge in [-0.05, 0) is 62.3 Å². The maximum absolute atomic E-state index is 13.0. The summed E-state index contributed by atoms with van der Waals surface area (Å²) in [4.78, 5) is 27.6. The molecule has 8 heteroatoms. The van der Waals surface area contributed by atoms with Crippen molar-refractivity contribution in [2.24, 2.45) is 0 Å². The molecule has 174 valence electrons. The molecular weight excluding hydrogens is 438 g/mol. The van der Waals surface area contributed by atoms with Crippen molar-refractivity contribution in [2.45, 2.75) is 26.8 Å². The zero-order valence-corrected chi connectivity index (χ0v) is 20.1. The van der Waals surface area contributed by atoms with E-state index in [0.717, 1.165) is 16.8 Å². The molecule has 0 aromatic heterocycles. The highest BCUT2D eigenvalue weighted by Gasteiger charge is 2.34. The van der Waals surface area contributed by atoms with Crippen molar-refractivity contribution >= 4 is 34.9 Å². The predicted molar refractivity (Wildman–Crippen MR) is 132 cm³/mol. The van der Waals surface area contributed by atoms with E-state index in [1.165, 1.54) is 0 Å². The molecule has 1 heterocycles. The molecule has 3 rings (SSSR count). The van der Waals surface area contributed by atoms with E-state index in [-0.39, 0.29) is 12.5 Å². The highest BCUT2D eigenvalue weighted by molar-refractivity contribution is 7.80. The van der Waals surface area contributed by atoms with E-state index in [2.05, 4.69) is 10.6 Å². The van der Waals surface area contributed by atoms with Gasteiger partial charge in [0.15, 0.2) is 5.11 Å². The predicted octanol–water partition coefficient (Wildman–Crippen LogP) is 3.96. The van der Waals surface area contributed by atoms with Gasteiger partial charge < -0.3 is 25.0 Å². The average Bonchev–Trinajstić information content (AvgIpc) is 2.79. The number of aryl methyl sites for hydroxylation is 1. The van der Waals surface area contributed by atoms with E-state index < -0.39 is 12.0 Å². The molecule has 0 saturated heterocycles. The van der Waals surface area contributed by atoms with Crippen LogP contribution in [0.1, 0.15) is 41.4 Å². The highest BCUT2D eigenvalue weighted by Crippen LogP contribution is 2.32. The molecule has 2 aromatic carbocycles. The summed E-state index contributed by atoms with van der Waals surface area (Å²) in [6, 6.07) is 14.3. The summed E-state index contributed by atoms with van der Waals surface area (Å²) in [5, 5.41) is 6.74. The van der Waals surface area contributed by atoms with Crippen LogP contribution in [0.15, 0.2) is 59.8 Å². The highest BCUT2D eigenvalue weighted by atomic mass is 32.1. The van der Waals surface area contributed by atoms with Crippen molar-refractivity contribution in [3.05, 3.63) is 76.5 Å². The number of hydrogen-bond acceptors (Lipinski definition) is 5. The van der Waals surface area contributed by atoms with E-state index in [1.54, 1.807) is 13.2 Å². The molecule has 0 aliphatic carbocycles. The van der Waals surface area contributed by atoms with Crippen LogP contribution in [-0.2, 0) is 14.3 Å². The summed E-state index contributed by atoms with van der Waals surface area (Å²) >= 11 is 5.55. The van der Waals surface area contributed by atoms with Crippen molar-refractivity contribution in [1.29, 1.82) is 0 Å². The summed E-state index contributed by atoms with van der Waals surface area (Å²) in [6.07, 6.45) is 0. The molecule has 0 bridgehead atoms. The minimum absolute atomic E-state index is 0.155. The number of anilines is 1. The van der Waals surface area contributed by atoms with Crippen LogP contribution >= 0.6 is 12.2 Å². The van der Waals surface area contributed by atoms with Gasteiger partial charge >= 0.3 is 5.97 Å². The molecule has 0 spiro atoms. The van der Waals surface area contributed by atoms with Crippen LogP contribution < -0.4 is 10.6 Å². The van der Waals surface area contributed by atoms with Gasteiger partial charge in [0.2, 0.25) is 0 Å². The molecule has 0 radical (unpaired) electrons. The van der Waals surface area contributed by atoms with Gasteiger partial charge in [0, 0.05) is 30.6 Å². The average molecular weight is 468 g/mol. The van der Waals surface area contributed by atoms with Crippen LogP contribution in [0.2, 0.25) is 0 Å². The van der Waals surface area contributed by atoms with Gasteiger partial charge in [0.05, 0.1) is 18.2 Å². The minimum Gasteiger partial charge on any atom is -0.460 e. The SMILES string of the molecule is CCN1C(=S)NC(c2cccc(NC(=O)c3ccccc3C)c2)C(C(=O)OCCOC)=C1C. The molecule has 2 N–H and O–H groups in total. The lowest BCUT2D eigenvalue weighted by Crippen LogP contribution is -2.47. The van der Waals surface area contributed by atoms with Gasteiger partial charge in [-0.15, -0.1) is 0 Å². The molecule has 1 atom stereocenters. The van der Waals surface area contributed by atoms with E-state index in [4.69, 9.17) is 21.7 Å². The molecule has 7 nitrogen and oxygen atoms in total. The van der Waals surface area contributed by atoms with Gasteiger partial charge in [0.1, 0.15) is 6.61 Å². The fourth-order valence-electron chi connectivity index (χ4n) is 3.79. The third kappa shape index (κ3) is 5.58. The first-order valence-corrected chi connectivity index (χ1v) is 11.2. The van der Waals surface area contributed by atoms with Crippen LogP contribution in [0.25, 0.3) is 0 Å². The Labute approximate surface area is 199 Å². The topological polar surface area (TPSA) is 79.9 Å². The Morgan fingerprint density at radius 2 is 1.88 bits per heavy atom. The number of esters is 1. The number of methoxy groups -OCH3 is 1. The zero-order chi connectivity index (χ0) is 24.0. The number of rotatable bonds is 8. The van der Waals surface area contributed by atoms with Gasteiger partial charge in [-0.25, -0.2) is 4.79 Å². The quantitative estimate of drug-likeness (QED) is 0.346. The van der Waals surface area contributed by atoms with Crippen LogP contribution in [0.5, 0.6) is 0 Å². The fraction of sp³-hybridized carbons (Fsp3) is 0.320. The van der Waals surface area contributed by atoms with E-state index in [0.29, 0.717) is 35.1 Å². The first-order valence-electron chi connectivity index (χ1n) is 10.8. The number of hydrogen-bond donors (Lipinski definition) is 2. The Bertz CT molecular complexity index is 1080. The molecule has 1 aliphatic rings. The second-order valence-corrected chi connectivity index (χ2v) is 8.04. The monoisotopic (exact) mass is 467 g/mol. The van der Waals surface area contributed by atoms with Crippen LogP contribution in [-0.4, -0.2) is 48.8 Å². The molecule has 1 amide bonds. The lowest BCUT2D eigenvalue weighted by Gasteiger charge is -2.37. The standard InChI is InChI=1S/C25H29N3O4S/c1-5-28-17(3)21(24(30)32-14-13-31-4)22(27-25(28)33)18-10-8-11-19(15-18)26-23(29)20-12-7-6-9-16(20)2/h6-12,15,22H,5,13-14H2,1-4H3,(H,26,29)(H,27,33). The number of allylic oxidation sites excluding steroid dienone is 1. The second-order valence-electron chi connectivity index (χ2n) is 7.65. The number of carbonyl (C=O) groups is 2. The molecule has 1 aliphatic heterocycles. The summed E-state index contributed by atoms with van der Waals surface area (Å²) in [5.74, 6) is -0.627. The number of carbonyl (C=O) groups excluding carboxylic acids is 2. The number of nitrogens with one attached hydrogen (secondary N) is 2. The molecule has 33 heavy (non-hydrogen) atoms. The number of thiocarbonyl (C=S) groups is 1. The van der Waals surface area contributed by atoms with Gasteiger partial charge in [-0.2, -0.15) is 0 Å². The third-order valence-corrected chi connectivity index (χ3v) is 5.86. The summed E-state index contributed by atoms with van der Waals surface area (Å²) in [7, 11) is 1.55. The Hall–Kier alpha value is -3.23. The van der Waals surface area contributed by atoms with Crippen molar-refractivity contribution < 1.29 is 19.1 Å². The zero-order valence-electron chi connectivity index (χ0n) is 19.3. The Balaban J connectivity index is 1.92. The van der Waals surface area contributed by atoms with Crippen LogP contribution in [0, 0.1) is 6.92 Å². The summed E-state index contributed by atoms with van der Waals surface area (Å²) in [5.41, 5.74) is 4.12. The van der Waals surface area contributed by atoms with E-state index >= 15 is 0 Å². The maximum Gasteiger partial charge on any atom is 0.338 e. The number of nitrogens with zero attached hydrogens (tertiary/aromatic N) is 1. The third-order valence-electron chi connectivity index (χ3n) is 5.52. The van der Waals surface area contributed by atoms with Crippen molar-refractivity contribution in [1.82, 2.24) is 10.2 Å². The molecule has 2 aromatic rings. The maximum atomic E-state index is 13.0. The number of benzene rings is 2. The molecular formula is C25H29N3O4S. The number of ether oxygens (including phenoxy) is 2. The molecule has 1 unspecified atom stereocenters. The lowest BCUT2D eigenvalue weighted by atomic mass is 9.94. The smallest absolute Gasteiger partial charge is 0.338 e. The Kier molecular flexibility index (Phi) is 8.19. The van der Waals surface area contributed by atoms with Crippen LogP contribution in [0.4, 0.5) is 5.69 Å². The summed E-state index contributed by atoms with van der Waals surface area (Å²) in [6.45, 7) is 6.81. The van der Waals surface area contributed by atoms with Crippen molar-refractivity contribution in [3.63, 3.8) is 0 Å². The van der Waals surface area contributed by atoms with Gasteiger partial charge in [-0.1, -0.05) is 30.3 Å². The fourth-order valence-corrected chi connectivity index (χ4v) is 4.18. The minimum atomic E-state index is -0.509.